The van der Waals surface area contributed by atoms with Crippen LogP contribution in [0.15, 0.2) is 29.5 Å². The van der Waals surface area contributed by atoms with Crippen molar-refractivity contribution in [3.05, 3.63) is 24.6 Å². The fraction of sp³-hybridized carbons (Fsp3) is 0.538. The molecule has 0 rings (SSSR count). The molecule has 0 aromatic heterocycles. The fourth-order valence-electron chi connectivity index (χ4n) is 0.563. The zero-order valence-electron chi connectivity index (χ0n) is 11.6. The van der Waals surface area contributed by atoms with Crippen molar-refractivity contribution in [2.75, 3.05) is 0 Å². The van der Waals surface area contributed by atoms with Crippen LogP contribution >= 0.6 is 0 Å². The Kier molecular flexibility index (Phi) is 20.6. The number of hydrogen-bond acceptors (Lipinski definition) is 3. The maximum absolute atomic E-state index is 9.81. The summed E-state index contributed by atoms with van der Waals surface area (Å²) in [4.78, 5) is 13.6. The van der Waals surface area contributed by atoms with Gasteiger partial charge in [0.25, 0.3) is 0 Å². The minimum absolute atomic E-state index is 0.275. The molecule has 4 heteroatoms. The lowest BCUT2D eigenvalue weighted by Gasteiger charge is -1.94. The maximum Gasteiger partial charge on any atom is 0.303 e. The van der Waals surface area contributed by atoms with Crippen molar-refractivity contribution in [3.63, 3.8) is 0 Å². The van der Waals surface area contributed by atoms with E-state index in [4.69, 9.17) is 10.8 Å². The number of allylic oxidation sites excluding steroid dienone is 1. The lowest BCUT2D eigenvalue weighted by Crippen LogP contribution is -1.99. The molecule has 0 saturated carbocycles. The van der Waals surface area contributed by atoms with E-state index in [2.05, 4.69) is 11.6 Å². The lowest BCUT2D eigenvalue weighted by molar-refractivity contribution is -0.137. The van der Waals surface area contributed by atoms with Crippen LogP contribution in [-0.2, 0) is 4.79 Å². The molecule has 0 fully saturated rings. The van der Waals surface area contributed by atoms with Crippen LogP contribution in [0.4, 0.5) is 0 Å². The molecule has 3 N–H and O–H groups in total. The molecule has 4 nitrogen and oxygen atoms in total. The average molecular weight is 242 g/mol. The largest absolute Gasteiger partial charge is 0.481 e. The summed E-state index contributed by atoms with van der Waals surface area (Å²) in [5, 5.41) is 8.08. The highest BCUT2D eigenvalue weighted by Gasteiger charge is 1.98. The highest BCUT2D eigenvalue weighted by atomic mass is 16.4. The number of carbonyl (C=O) groups is 1. The summed E-state index contributed by atoms with van der Waals surface area (Å²) in [7, 11) is 0. The van der Waals surface area contributed by atoms with E-state index >= 15 is 0 Å². The fourth-order valence-corrected chi connectivity index (χ4v) is 0.563. The molecule has 0 bridgehead atoms. The Morgan fingerprint density at radius 1 is 1.47 bits per heavy atom. The first kappa shape index (κ1) is 20.8. The van der Waals surface area contributed by atoms with Gasteiger partial charge in [0.2, 0.25) is 0 Å². The summed E-state index contributed by atoms with van der Waals surface area (Å²) in [6.07, 6.45) is 5.04. The number of aliphatic imine (C=N–C) groups is 1. The van der Waals surface area contributed by atoms with Crippen LogP contribution in [0.1, 0.15) is 41.0 Å². The van der Waals surface area contributed by atoms with Crippen LogP contribution in [0, 0.1) is 5.92 Å². The van der Waals surface area contributed by atoms with Gasteiger partial charge < -0.3 is 10.8 Å². The Balaban J connectivity index is -0.000000202. The Bertz CT molecular complexity index is 244. The van der Waals surface area contributed by atoms with Crippen LogP contribution in [-0.4, -0.2) is 17.3 Å². The molecule has 100 valence electrons. The molecule has 0 heterocycles. The molecule has 0 unspecified atom stereocenters. The summed E-state index contributed by atoms with van der Waals surface area (Å²) in [6.45, 7) is 13.0. The van der Waals surface area contributed by atoms with E-state index in [9.17, 15) is 4.79 Å². The third-order valence-electron chi connectivity index (χ3n) is 1.19. The first-order valence-corrected chi connectivity index (χ1v) is 5.71. The SMILES string of the molecule is C=C/C(N)=C\N=CC.CC.CC(C)CC(=O)O. The Labute approximate surface area is 105 Å². The van der Waals surface area contributed by atoms with Crippen molar-refractivity contribution in [2.45, 2.75) is 41.0 Å². The average Bonchev–Trinajstić information content (AvgIpc) is 2.27. The van der Waals surface area contributed by atoms with E-state index in [1.165, 1.54) is 0 Å². The molecular formula is C13H26N2O2. The minimum atomic E-state index is -0.713. The van der Waals surface area contributed by atoms with Gasteiger partial charge in [0.15, 0.2) is 0 Å². The van der Waals surface area contributed by atoms with Gasteiger partial charge in [-0.25, -0.2) is 0 Å². The van der Waals surface area contributed by atoms with E-state index in [1.807, 2.05) is 34.6 Å². The third-order valence-corrected chi connectivity index (χ3v) is 1.19. The topological polar surface area (TPSA) is 75.7 Å². The van der Waals surface area contributed by atoms with Crippen LogP contribution < -0.4 is 5.73 Å². The predicted octanol–water partition coefficient (Wildman–Crippen LogP) is 3.21. The molecule has 0 aromatic carbocycles. The zero-order valence-corrected chi connectivity index (χ0v) is 11.6. The molecular weight excluding hydrogens is 216 g/mol. The molecule has 0 aromatic rings. The highest BCUT2D eigenvalue weighted by molar-refractivity contribution is 5.66. The van der Waals surface area contributed by atoms with Crippen LogP contribution in [0.25, 0.3) is 0 Å². The number of carboxylic acid groups (broad SMARTS) is 1. The quantitative estimate of drug-likeness (QED) is 0.587. The summed E-state index contributed by atoms with van der Waals surface area (Å²) in [5.74, 6) is -0.438. The van der Waals surface area contributed by atoms with Gasteiger partial charge in [-0.05, 0) is 18.9 Å². The molecule has 0 amide bonds. The van der Waals surface area contributed by atoms with Crippen molar-refractivity contribution in [2.24, 2.45) is 16.6 Å². The molecule has 17 heavy (non-hydrogen) atoms. The second-order valence-corrected chi connectivity index (χ2v) is 3.23. The monoisotopic (exact) mass is 242 g/mol. The second-order valence-electron chi connectivity index (χ2n) is 3.23. The van der Waals surface area contributed by atoms with Crippen molar-refractivity contribution >= 4 is 12.2 Å². The Hall–Kier alpha value is -1.58. The van der Waals surface area contributed by atoms with Gasteiger partial charge in [0.1, 0.15) is 0 Å². The molecule has 0 spiro atoms. The van der Waals surface area contributed by atoms with Crippen molar-refractivity contribution in [3.8, 4) is 0 Å². The molecule has 0 aliphatic rings. The van der Waals surface area contributed by atoms with Crippen molar-refractivity contribution < 1.29 is 9.90 Å². The highest BCUT2D eigenvalue weighted by Crippen LogP contribution is 1.96. The Morgan fingerprint density at radius 2 is 1.94 bits per heavy atom. The van der Waals surface area contributed by atoms with E-state index in [1.54, 1.807) is 18.5 Å². The summed E-state index contributed by atoms with van der Waals surface area (Å²) >= 11 is 0. The summed E-state index contributed by atoms with van der Waals surface area (Å²) in [6, 6.07) is 0. The van der Waals surface area contributed by atoms with Gasteiger partial charge in [0, 0.05) is 24.5 Å². The number of carboxylic acids is 1. The number of aliphatic carboxylic acids is 1. The number of nitrogens with two attached hydrogens (primary N) is 1. The normalized spacial score (nSPS) is 10.1. The van der Waals surface area contributed by atoms with Crippen LogP contribution in [0.3, 0.4) is 0 Å². The van der Waals surface area contributed by atoms with E-state index < -0.39 is 5.97 Å². The maximum atomic E-state index is 9.81. The van der Waals surface area contributed by atoms with Gasteiger partial charge in [0.05, 0.1) is 0 Å². The first-order valence-electron chi connectivity index (χ1n) is 5.71. The van der Waals surface area contributed by atoms with Gasteiger partial charge in [-0.3, -0.25) is 9.79 Å². The van der Waals surface area contributed by atoms with Crippen LogP contribution in [0.2, 0.25) is 0 Å². The predicted molar refractivity (Wildman–Crippen MR) is 75.1 cm³/mol. The first-order chi connectivity index (χ1) is 7.93. The van der Waals surface area contributed by atoms with Crippen LogP contribution in [0.5, 0.6) is 0 Å². The van der Waals surface area contributed by atoms with Gasteiger partial charge in [-0.15, -0.1) is 0 Å². The van der Waals surface area contributed by atoms with Crippen molar-refractivity contribution in [1.82, 2.24) is 0 Å². The van der Waals surface area contributed by atoms with Gasteiger partial charge in [-0.2, -0.15) is 0 Å². The second kappa shape index (κ2) is 16.8. The Morgan fingerprint density at radius 3 is 2.12 bits per heavy atom. The molecule has 0 saturated heterocycles. The molecule has 0 aliphatic carbocycles. The van der Waals surface area contributed by atoms with E-state index in [-0.39, 0.29) is 12.3 Å². The van der Waals surface area contributed by atoms with Gasteiger partial charge in [-0.1, -0.05) is 34.3 Å². The molecule has 0 aliphatic heterocycles. The van der Waals surface area contributed by atoms with E-state index in [0.29, 0.717) is 5.70 Å². The summed E-state index contributed by atoms with van der Waals surface area (Å²) < 4.78 is 0. The molecule has 0 radical (unpaired) electrons. The smallest absolute Gasteiger partial charge is 0.303 e. The lowest BCUT2D eigenvalue weighted by atomic mass is 10.1. The van der Waals surface area contributed by atoms with Gasteiger partial charge >= 0.3 is 5.97 Å². The van der Waals surface area contributed by atoms with Crippen molar-refractivity contribution in [1.29, 1.82) is 0 Å². The summed E-state index contributed by atoms with van der Waals surface area (Å²) in [5.41, 5.74) is 5.87. The third kappa shape index (κ3) is 31.4. The number of rotatable bonds is 4. The molecule has 0 atom stereocenters. The standard InChI is InChI=1S/C6H10N2.C5H10O2.C2H6/c1-3-6(7)5-8-4-2;1-4(2)3-5(6)7;1-2/h3-5H,1,7H2,2H3;4H,3H2,1-2H3,(H,6,7);1-2H3/b6-5+,8-4?;;. The zero-order chi connectivity index (χ0) is 14.3. The minimum Gasteiger partial charge on any atom is -0.481 e. The van der Waals surface area contributed by atoms with E-state index in [0.717, 1.165) is 0 Å². The number of nitrogens with zero attached hydrogens (tertiary/aromatic N) is 1. The number of hydrogen-bond donors (Lipinski definition) is 2.